The third-order valence-electron chi connectivity index (χ3n) is 5.50. The third kappa shape index (κ3) is 4.08. The summed E-state index contributed by atoms with van der Waals surface area (Å²) in [5, 5.41) is -0.261. The molecule has 0 bridgehead atoms. The fourth-order valence-electron chi connectivity index (χ4n) is 3.90. The fourth-order valence-corrected chi connectivity index (χ4v) is 4.98. The second kappa shape index (κ2) is 8.89. The molecule has 1 aliphatic heterocycles. The zero-order valence-corrected chi connectivity index (χ0v) is 20.1. The molecule has 1 fully saturated rings. The van der Waals surface area contributed by atoms with Gasteiger partial charge >= 0.3 is 0 Å². The van der Waals surface area contributed by atoms with Crippen LogP contribution in [0.25, 0.3) is 34.3 Å². The Kier molecular flexibility index (Phi) is 5.79. The Morgan fingerprint density at radius 3 is 2.00 bits per heavy atom. The lowest BCUT2D eigenvalue weighted by Crippen LogP contribution is -2.22. The first kappa shape index (κ1) is 21.5. The summed E-state index contributed by atoms with van der Waals surface area (Å²) in [5.41, 5.74) is 5.91. The zero-order chi connectivity index (χ0) is 22.9. The molecule has 0 N–H and O–H groups in total. The Morgan fingerprint density at radius 1 is 0.818 bits per heavy atom. The number of likely N-dealkylation sites (N-methyl/N-ethyl adjacent to an activating group) is 1. The van der Waals surface area contributed by atoms with E-state index in [4.69, 9.17) is 0 Å². The van der Waals surface area contributed by atoms with Gasteiger partial charge in [-0.3, -0.25) is 14.5 Å². The Morgan fingerprint density at radius 2 is 1.42 bits per heavy atom. The summed E-state index contributed by atoms with van der Waals surface area (Å²) < 4.78 is 3.21. The van der Waals surface area contributed by atoms with Crippen LogP contribution in [0.2, 0.25) is 0 Å². The number of carbonyl (C=O) groups is 2. The molecular weight excluding hydrogens is 496 g/mol. The predicted molar refractivity (Wildman–Crippen MR) is 138 cm³/mol. The summed E-state index contributed by atoms with van der Waals surface area (Å²) in [6.07, 6.45) is 1.83. The van der Waals surface area contributed by atoms with Crippen LogP contribution in [0.5, 0.6) is 0 Å². The van der Waals surface area contributed by atoms with Gasteiger partial charge in [-0.25, -0.2) is 0 Å². The van der Waals surface area contributed by atoms with Gasteiger partial charge in [-0.1, -0.05) is 76.6 Å². The number of carbonyl (C=O) groups excluding carboxylic acids is 2. The first-order chi connectivity index (χ1) is 16.0. The van der Waals surface area contributed by atoms with Crippen molar-refractivity contribution in [1.82, 2.24) is 9.47 Å². The lowest BCUT2D eigenvalue weighted by Gasteiger charge is -2.15. The average Bonchev–Trinajstić information content (AvgIpc) is 3.33. The summed E-state index contributed by atoms with van der Waals surface area (Å²) in [7, 11) is 1.51. The lowest BCUT2D eigenvalue weighted by molar-refractivity contribution is -0.121. The summed E-state index contributed by atoms with van der Waals surface area (Å²) in [6.45, 7) is 0. The molecule has 1 aliphatic rings. The highest BCUT2D eigenvalue weighted by atomic mass is 79.9. The maximum absolute atomic E-state index is 12.6. The number of thioether (sulfide) groups is 1. The SMILES string of the molecule is CN1C(=O)S/C(=C/c2cc(-c3ccccc3)n(-c3ccc(Br)cc3)c2-c2ccccc2)C1=O. The van der Waals surface area contributed by atoms with E-state index in [1.165, 1.54) is 7.05 Å². The standard InChI is InChI=1S/C27H19BrN2O2S/c1-29-26(31)24(33-27(29)32)17-20-16-23(18-8-4-2-5-9-18)30(22-14-12-21(28)13-15-22)25(20)19-10-6-3-7-11-19/h2-17H,1H3/b24-17+. The van der Waals surface area contributed by atoms with E-state index in [0.717, 1.165) is 54.9 Å². The number of halogens is 1. The highest BCUT2D eigenvalue weighted by Crippen LogP contribution is 2.39. The molecule has 0 radical (unpaired) electrons. The molecule has 6 heteroatoms. The van der Waals surface area contributed by atoms with Gasteiger partial charge in [-0.15, -0.1) is 0 Å². The molecule has 2 amide bonds. The molecule has 0 atom stereocenters. The number of hydrogen-bond acceptors (Lipinski definition) is 3. The van der Waals surface area contributed by atoms with Crippen LogP contribution in [0, 0.1) is 0 Å². The highest BCUT2D eigenvalue weighted by molar-refractivity contribution is 9.10. The van der Waals surface area contributed by atoms with Crippen LogP contribution in [0.3, 0.4) is 0 Å². The van der Waals surface area contributed by atoms with Gasteiger partial charge in [0.15, 0.2) is 0 Å². The maximum Gasteiger partial charge on any atom is 0.293 e. The quantitative estimate of drug-likeness (QED) is 0.269. The van der Waals surface area contributed by atoms with E-state index in [2.05, 4.69) is 63.0 Å². The molecule has 1 saturated heterocycles. The average molecular weight is 515 g/mol. The molecule has 4 nitrogen and oxygen atoms in total. The normalized spacial score (nSPS) is 15.0. The highest BCUT2D eigenvalue weighted by Gasteiger charge is 2.32. The van der Waals surface area contributed by atoms with Crippen molar-refractivity contribution in [2.45, 2.75) is 0 Å². The van der Waals surface area contributed by atoms with Crippen molar-refractivity contribution >= 4 is 44.9 Å². The van der Waals surface area contributed by atoms with Crippen molar-refractivity contribution in [1.29, 1.82) is 0 Å². The molecule has 162 valence electrons. The molecule has 3 aromatic carbocycles. The van der Waals surface area contributed by atoms with Crippen LogP contribution in [0.4, 0.5) is 4.79 Å². The first-order valence-corrected chi connectivity index (χ1v) is 12.0. The number of benzene rings is 3. The van der Waals surface area contributed by atoms with Crippen LogP contribution in [-0.2, 0) is 4.79 Å². The van der Waals surface area contributed by atoms with Crippen molar-refractivity contribution in [3.63, 3.8) is 0 Å². The Hall–Kier alpha value is -3.35. The van der Waals surface area contributed by atoms with Crippen LogP contribution in [0.1, 0.15) is 5.56 Å². The Balaban J connectivity index is 1.82. The van der Waals surface area contributed by atoms with Crippen molar-refractivity contribution in [3.8, 4) is 28.2 Å². The van der Waals surface area contributed by atoms with Crippen molar-refractivity contribution < 1.29 is 9.59 Å². The van der Waals surface area contributed by atoms with Gasteiger partial charge in [0, 0.05) is 22.8 Å². The Bertz CT molecular complexity index is 1380. The number of amides is 2. The van der Waals surface area contributed by atoms with Gasteiger partial charge in [0.05, 0.1) is 16.3 Å². The molecule has 4 aromatic rings. The minimum Gasteiger partial charge on any atom is -0.309 e. The molecule has 5 rings (SSSR count). The van der Waals surface area contributed by atoms with Gasteiger partial charge in [0.2, 0.25) is 0 Å². The largest absolute Gasteiger partial charge is 0.309 e. The summed E-state index contributed by atoms with van der Waals surface area (Å²) in [4.78, 5) is 26.3. The van der Waals surface area contributed by atoms with Crippen molar-refractivity contribution in [2.75, 3.05) is 7.05 Å². The zero-order valence-electron chi connectivity index (χ0n) is 17.7. The first-order valence-electron chi connectivity index (χ1n) is 10.4. The number of rotatable bonds is 4. The third-order valence-corrected chi connectivity index (χ3v) is 6.99. The van der Waals surface area contributed by atoms with Gasteiger partial charge in [0.25, 0.3) is 11.1 Å². The fraction of sp³-hybridized carbons (Fsp3) is 0.0370. The van der Waals surface area contributed by atoms with Crippen LogP contribution in [0.15, 0.2) is 100 Å². The molecule has 0 unspecified atom stereocenters. The lowest BCUT2D eigenvalue weighted by atomic mass is 10.1. The van der Waals surface area contributed by atoms with Gasteiger partial charge in [0.1, 0.15) is 0 Å². The molecule has 1 aromatic heterocycles. The number of aromatic nitrogens is 1. The van der Waals surface area contributed by atoms with E-state index < -0.39 is 0 Å². The number of hydrogen-bond donors (Lipinski definition) is 0. The number of nitrogens with zero attached hydrogens (tertiary/aromatic N) is 2. The van der Waals surface area contributed by atoms with E-state index in [9.17, 15) is 9.59 Å². The molecule has 0 saturated carbocycles. The second-order valence-corrected chi connectivity index (χ2v) is 9.53. The topological polar surface area (TPSA) is 42.3 Å². The monoisotopic (exact) mass is 514 g/mol. The van der Waals surface area contributed by atoms with E-state index in [-0.39, 0.29) is 11.1 Å². The summed E-state index contributed by atoms with van der Waals surface area (Å²) in [6, 6.07) is 30.5. The van der Waals surface area contributed by atoms with Crippen LogP contribution < -0.4 is 0 Å². The maximum atomic E-state index is 12.6. The summed E-state index contributed by atoms with van der Waals surface area (Å²) >= 11 is 4.50. The minimum atomic E-state index is -0.276. The molecule has 33 heavy (non-hydrogen) atoms. The number of imide groups is 1. The second-order valence-electron chi connectivity index (χ2n) is 7.62. The van der Waals surface area contributed by atoms with Crippen molar-refractivity contribution in [2.24, 2.45) is 0 Å². The summed E-state index contributed by atoms with van der Waals surface area (Å²) in [5.74, 6) is -0.276. The molecule has 0 aliphatic carbocycles. The Labute approximate surface area is 204 Å². The molecular formula is C27H19BrN2O2S. The van der Waals surface area contributed by atoms with Gasteiger partial charge in [-0.2, -0.15) is 0 Å². The molecule has 2 heterocycles. The van der Waals surface area contributed by atoms with Gasteiger partial charge < -0.3 is 4.57 Å². The minimum absolute atomic E-state index is 0.261. The van der Waals surface area contributed by atoms with Crippen LogP contribution in [-0.4, -0.2) is 27.7 Å². The predicted octanol–water partition coefficient (Wildman–Crippen LogP) is 7.24. The van der Waals surface area contributed by atoms with Crippen LogP contribution >= 0.6 is 27.7 Å². The van der Waals surface area contributed by atoms with Crippen molar-refractivity contribution in [3.05, 3.63) is 106 Å². The van der Waals surface area contributed by atoms with E-state index in [1.54, 1.807) is 0 Å². The van der Waals surface area contributed by atoms with E-state index in [0.29, 0.717) is 4.91 Å². The van der Waals surface area contributed by atoms with Gasteiger partial charge in [-0.05, 0) is 59.3 Å². The van der Waals surface area contributed by atoms with E-state index in [1.807, 2.05) is 54.6 Å². The smallest absolute Gasteiger partial charge is 0.293 e. The van der Waals surface area contributed by atoms with E-state index >= 15 is 0 Å². The molecule has 0 spiro atoms.